The lowest BCUT2D eigenvalue weighted by atomic mass is 10.0. The van der Waals surface area contributed by atoms with Gasteiger partial charge in [-0.25, -0.2) is 4.39 Å². The molecule has 0 aliphatic rings. The van der Waals surface area contributed by atoms with Crippen LogP contribution >= 0.6 is 0 Å². The van der Waals surface area contributed by atoms with Gasteiger partial charge in [0.15, 0.2) is 0 Å². The van der Waals surface area contributed by atoms with Gasteiger partial charge in [0.2, 0.25) is 11.8 Å². The van der Waals surface area contributed by atoms with Crippen molar-refractivity contribution in [1.82, 2.24) is 10.2 Å². The molecule has 4 nitrogen and oxygen atoms in total. The highest BCUT2D eigenvalue weighted by Gasteiger charge is 2.28. The molecule has 0 heterocycles. The molecule has 0 radical (unpaired) electrons. The highest BCUT2D eigenvalue weighted by molar-refractivity contribution is 5.88. The molecule has 5 heteroatoms. The highest BCUT2D eigenvalue weighted by Crippen LogP contribution is 2.17. The monoisotopic (exact) mass is 398 g/mol. The van der Waals surface area contributed by atoms with Crippen molar-refractivity contribution >= 4 is 11.8 Å². The lowest BCUT2D eigenvalue weighted by Gasteiger charge is -2.31. The Bertz CT molecular complexity index is 869. The largest absolute Gasteiger partial charge is 0.350 e. The van der Waals surface area contributed by atoms with E-state index >= 15 is 0 Å². The number of amides is 2. The molecule has 1 N–H and O–H groups in total. The fourth-order valence-electron chi connectivity index (χ4n) is 3.10. The number of rotatable bonds is 6. The zero-order valence-electron chi connectivity index (χ0n) is 18.2. The second-order valence-electron chi connectivity index (χ2n) is 8.67. The summed E-state index contributed by atoms with van der Waals surface area (Å²) < 4.78 is 13.3. The van der Waals surface area contributed by atoms with Gasteiger partial charge in [-0.2, -0.15) is 0 Å². The summed E-state index contributed by atoms with van der Waals surface area (Å²) in [5.74, 6) is -0.686. The maximum absolute atomic E-state index is 13.3. The molecule has 29 heavy (non-hydrogen) atoms. The van der Waals surface area contributed by atoms with Crippen LogP contribution < -0.4 is 5.32 Å². The van der Waals surface area contributed by atoms with E-state index in [2.05, 4.69) is 5.32 Å². The van der Waals surface area contributed by atoms with Crippen LogP contribution in [0.5, 0.6) is 0 Å². The summed E-state index contributed by atoms with van der Waals surface area (Å²) >= 11 is 0. The normalized spacial score (nSPS) is 12.4. The van der Waals surface area contributed by atoms with Crippen LogP contribution in [0, 0.1) is 19.7 Å². The van der Waals surface area contributed by atoms with Crippen LogP contribution in [0.2, 0.25) is 0 Å². The van der Waals surface area contributed by atoms with E-state index in [0.29, 0.717) is 0 Å². The van der Waals surface area contributed by atoms with Crippen LogP contribution in [0.4, 0.5) is 4.39 Å². The summed E-state index contributed by atoms with van der Waals surface area (Å²) in [6.45, 7) is 11.6. The van der Waals surface area contributed by atoms with E-state index < -0.39 is 11.6 Å². The van der Waals surface area contributed by atoms with Gasteiger partial charge in [0.1, 0.15) is 11.9 Å². The van der Waals surface area contributed by atoms with Gasteiger partial charge in [-0.05, 0) is 70.4 Å². The summed E-state index contributed by atoms with van der Waals surface area (Å²) in [4.78, 5) is 27.6. The van der Waals surface area contributed by atoms with Crippen LogP contribution in [0.3, 0.4) is 0 Å². The fourth-order valence-corrected chi connectivity index (χ4v) is 3.10. The molecular formula is C24H31FN2O2. The summed E-state index contributed by atoms with van der Waals surface area (Å²) in [6.07, 6.45) is 0.210. The second kappa shape index (κ2) is 9.21. The smallest absolute Gasteiger partial charge is 0.242 e. The average Bonchev–Trinajstić information content (AvgIpc) is 2.62. The predicted octanol–water partition coefficient (Wildman–Crippen LogP) is 4.32. The van der Waals surface area contributed by atoms with Crippen molar-refractivity contribution in [2.75, 3.05) is 0 Å². The molecular weight excluding hydrogens is 367 g/mol. The van der Waals surface area contributed by atoms with Gasteiger partial charge in [-0.1, -0.05) is 35.9 Å². The molecule has 1 unspecified atom stereocenters. The van der Waals surface area contributed by atoms with Crippen LogP contribution in [0.1, 0.15) is 49.9 Å². The molecule has 0 saturated carbocycles. The Hall–Kier alpha value is -2.69. The van der Waals surface area contributed by atoms with E-state index in [-0.39, 0.29) is 30.6 Å². The maximum atomic E-state index is 13.3. The van der Waals surface area contributed by atoms with Gasteiger partial charge in [0.25, 0.3) is 0 Å². The van der Waals surface area contributed by atoms with Crippen LogP contribution in [-0.2, 0) is 22.6 Å². The molecule has 0 saturated heterocycles. The van der Waals surface area contributed by atoms with Crippen molar-refractivity contribution in [3.05, 3.63) is 70.5 Å². The van der Waals surface area contributed by atoms with Crippen molar-refractivity contribution in [1.29, 1.82) is 0 Å². The number of aryl methyl sites for hydroxylation is 2. The summed E-state index contributed by atoms with van der Waals surface area (Å²) in [5, 5.41) is 2.94. The highest BCUT2D eigenvalue weighted by atomic mass is 19.1. The summed E-state index contributed by atoms with van der Waals surface area (Å²) in [6, 6.07) is 11.4. The Morgan fingerprint density at radius 3 is 2.28 bits per heavy atom. The number of benzene rings is 2. The van der Waals surface area contributed by atoms with E-state index in [0.717, 1.165) is 22.3 Å². The molecule has 0 aromatic heterocycles. The first-order chi connectivity index (χ1) is 13.5. The van der Waals surface area contributed by atoms with Gasteiger partial charge in [0.05, 0.1) is 6.42 Å². The standard InChI is InChI=1S/C24H31FN2O2/c1-16-7-8-17(2)20(13-16)14-22(28)27(15-19-9-11-21(25)12-10-19)18(3)23(29)26-24(4,5)6/h7-13,18H,14-15H2,1-6H3,(H,26,29). The third-order valence-electron chi connectivity index (χ3n) is 4.78. The number of carbonyl (C=O) groups excluding carboxylic acids is 2. The SMILES string of the molecule is Cc1ccc(C)c(CC(=O)N(Cc2ccc(F)cc2)C(C)C(=O)NC(C)(C)C)c1. The molecule has 2 rings (SSSR count). The molecule has 1 atom stereocenters. The summed E-state index contributed by atoms with van der Waals surface area (Å²) in [5.41, 5.74) is 3.45. The Labute approximate surface area is 173 Å². The number of hydrogen-bond acceptors (Lipinski definition) is 2. The zero-order valence-corrected chi connectivity index (χ0v) is 18.2. The fraction of sp³-hybridized carbons (Fsp3) is 0.417. The van der Waals surface area contributed by atoms with E-state index in [1.807, 2.05) is 52.8 Å². The van der Waals surface area contributed by atoms with E-state index in [9.17, 15) is 14.0 Å². The first-order valence-electron chi connectivity index (χ1n) is 9.88. The minimum atomic E-state index is -0.656. The lowest BCUT2D eigenvalue weighted by Crippen LogP contribution is -2.52. The van der Waals surface area contributed by atoms with Crippen LogP contribution in [0.15, 0.2) is 42.5 Å². The predicted molar refractivity (Wildman–Crippen MR) is 114 cm³/mol. The zero-order chi connectivity index (χ0) is 21.8. The number of nitrogens with one attached hydrogen (secondary N) is 1. The molecule has 0 fully saturated rings. The van der Waals surface area contributed by atoms with E-state index in [1.54, 1.807) is 24.0 Å². The lowest BCUT2D eigenvalue weighted by molar-refractivity contribution is -0.140. The Morgan fingerprint density at radius 1 is 1.07 bits per heavy atom. The van der Waals surface area contributed by atoms with Gasteiger partial charge in [-0.3, -0.25) is 9.59 Å². The van der Waals surface area contributed by atoms with Crippen LogP contribution in [0.25, 0.3) is 0 Å². The molecule has 0 aliphatic heterocycles. The Balaban J connectivity index is 2.29. The first-order valence-corrected chi connectivity index (χ1v) is 9.88. The topological polar surface area (TPSA) is 49.4 Å². The van der Waals surface area contributed by atoms with Gasteiger partial charge >= 0.3 is 0 Å². The molecule has 0 aliphatic carbocycles. The number of hydrogen-bond donors (Lipinski definition) is 1. The number of nitrogens with zero attached hydrogens (tertiary/aromatic N) is 1. The van der Waals surface area contributed by atoms with E-state index in [4.69, 9.17) is 0 Å². The van der Waals surface area contributed by atoms with Crippen molar-refractivity contribution in [3.63, 3.8) is 0 Å². The Kier molecular flexibility index (Phi) is 7.17. The van der Waals surface area contributed by atoms with Crippen LogP contribution in [-0.4, -0.2) is 28.3 Å². The van der Waals surface area contributed by atoms with Gasteiger partial charge in [0, 0.05) is 12.1 Å². The average molecular weight is 399 g/mol. The first kappa shape index (κ1) is 22.6. The molecule has 156 valence electrons. The molecule has 0 bridgehead atoms. The van der Waals surface area contributed by atoms with Crippen molar-refractivity contribution < 1.29 is 14.0 Å². The number of halogens is 1. The van der Waals surface area contributed by atoms with Gasteiger partial charge < -0.3 is 10.2 Å². The summed E-state index contributed by atoms with van der Waals surface area (Å²) in [7, 11) is 0. The number of carbonyl (C=O) groups is 2. The minimum Gasteiger partial charge on any atom is -0.350 e. The third kappa shape index (κ3) is 6.70. The molecule has 2 aromatic carbocycles. The molecule has 2 aromatic rings. The second-order valence-corrected chi connectivity index (χ2v) is 8.67. The molecule has 2 amide bonds. The quantitative estimate of drug-likeness (QED) is 0.788. The third-order valence-corrected chi connectivity index (χ3v) is 4.78. The molecule has 0 spiro atoms. The van der Waals surface area contributed by atoms with Crippen molar-refractivity contribution in [2.24, 2.45) is 0 Å². The van der Waals surface area contributed by atoms with Crippen molar-refractivity contribution in [3.8, 4) is 0 Å². The maximum Gasteiger partial charge on any atom is 0.242 e. The Morgan fingerprint density at radius 2 is 1.69 bits per heavy atom. The van der Waals surface area contributed by atoms with Crippen molar-refractivity contribution in [2.45, 2.75) is 66.1 Å². The minimum absolute atomic E-state index is 0.139. The van der Waals surface area contributed by atoms with Gasteiger partial charge in [-0.15, -0.1) is 0 Å². The van der Waals surface area contributed by atoms with E-state index in [1.165, 1.54) is 12.1 Å².